The predicted molar refractivity (Wildman–Crippen MR) is 86.9 cm³/mol. The summed E-state index contributed by atoms with van der Waals surface area (Å²) < 4.78 is 11.2. The van der Waals surface area contributed by atoms with Gasteiger partial charge in [-0.2, -0.15) is 0 Å². The van der Waals surface area contributed by atoms with Crippen LogP contribution < -0.4 is 10.1 Å². The first-order valence-electron chi connectivity index (χ1n) is 8.30. The van der Waals surface area contributed by atoms with E-state index < -0.39 is 0 Å². The lowest BCUT2D eigenvalue weighted by Gasteiger charge is -2.13. The van der Waals surface area contributed by atoms with Crippen LogP contribution in [0.2, 0.25) is 0 Å². The highest BCUT2D eigenvalue weighted by Crippen LogP contribution is 2.17. The second-order valence-electron chi connectivity index (χ2n) is 6.08. The van der Waals surface area contributed by atoms with Gasteiger partial charge in [-0.15, -0.1) is 0 Å². The molecule has 0 aliphatic carbocycles. The van der Waals surface area contributed by atoms with Gasteiger partial charge in [-0.1, -0.05) is 19.1 Å². The average molecular weight is 291 g/mol. The van der Waals surface area contributed by atoms with E-state index in [2.05, 4.69) is 43.4 Å². The van der Waals surface area contributed by atoms with Crippen LogP contribution in [0, 0.1) is 5.92 Å². The van der Waals surface area contributed by atoms with E-state index in [4.69, 9.17) is 9.47 Å². The summed E-state index contributed by atoms with van der Waals surface area (Å²) in [5.74, 6) is 1.54. The Kier molecular flexibility index (Phi) is 7.04. The molecule has 118 valence electrons. The Hall–Kier alpha value is -1.06. The molecule has 1 fully saturated rings. The molecule has 0 radical (unpaired) electrons. The molecule has 1 saturated heterocycles. The zero-order valence-electron chi connectivity index (χ0n) is 13.4. The third kappa shape index (κ3) is 6.06. The van der Waals surface area contributed by atoms with E-state index in [1.54, 1.807) is 0 Å². The fourth-order valence-electron chi connectivity index (χ4n) is 2.56. The van der Waals surface area contributed by atoms with E-state index >= 15 is 0 Å². The van der Waals surface area contributed by atoms with Gasteiger partial charge in [0, 0.05) is 18.6 Å². The maximum absolute atomic E-state index is 5.83. The number of nitrogens with one attached hydrogen (secondary N) is 1. The van der Waals surface area contributed by atoms with Crippen LogP contribution in [0.5, 0.6) is 5.75 Å². The molecule has 2 unspecified atom stereocenters. The minimum absolute atomic E-state index is 0.565. The van der Waals surface area contributed by atoms with Crippen LogP contribution in [0.1, 0.15) is 38.7 Å². The molecule has 2 atom stereocenters. The average Bonchev–Trinajstić information content (AvgIpc) is 3.03. The second kappa shape index (κ2) is 9.06. The zero-order chi connectivity index (χ0) is 14.9. The van der Waals surface area contributed by atoms with Gasteiger partial charge in [0.1, 0.15) is 5.75 Å². The Labute approximate surface area is 129 Å². The molecule has 0 bridgehead atoms. The van der Waals surface area contributed by atoms with Crippen LogP contribution in [0.15, 0.2) is 24.3 Å². The van der Waals surface area contributed by atoms with Crippen molar-refractivity contribution < 1.29 is 9.47 Å². The van der Waals surface area contributed by atoms with Gasteiger partial charge < -0.3 is 14.8 Å². The topological polar surface area (TPSA) is 30.5 Å². The van der Waals surface area contributed by atoms with Crippen LogP contribution in [0.25, 0.3) is 0 Å². The van der Waals surface area contributed by atoms with Crippen molar-refractivity contribution >= 4 is 0 Å². The summed E-state index contributed by atoms with van der Waals surface area (Å²) >= 11 is 0. The molecule has 0 aromatic heterocycles. The SMILES string of the molecule is CCCNC(C)CCc1ccc(OCC2CCOC2)cc1. The fourth-order valence-corrected chi connectivity index (χ4v) is 2.56. The van der Waals surface area contributed by atoms with Crippen LogP contribution in [0.3, 0.4) is 0 Å². The van der Waals surface area contributed by atoms with Crippen molar-refractivity contribution in [1.29, 1.82) is 0 Å². The molecule has 1 heterocycles. The Morgan fingerprint density at radius 2 is 2.14 bits per heavy atom. The van der Waals surface area contributed by atoms with Crippen LogP contribution in [0.4, 0.5) is 0 Å². The van der Waals surface area contributed by atoms with Crippen molar-refractivity contribution in [3.8, 4) is 5.75 Å². The van der Waals surface area contributed by atoms with E-state index in [0.717, 1.165) is 45.0 Å². The van der Waals surface area contributed by atoms with Crippen molar-refractivity contribution in [3.05, 3.63) is 29.8 Å². The lowest BCUT2D eigenvalue weighted by atomic mass is 10.1. The van der Waals surface area contributed by atoms with Gasteiger partial charge in [-0.3, -0.25) is 0 Å². The molecule has 3 heteroatoms. The highest BCUT2D eigenvalue weighted by molar-refractivity contribution is 5.27. The number of ether oxygens (including phenoxy) is 2. The molecule has 1 aromatic rings. The number of aryl methyl sites for hydroxylation is 1. The molecule has 21 heavy (non-hydrogen) atoms. The third-order valence-corrected chi connectivity index (χ3v) is 4.04. The molecule has 1 aromatic carbocycles. The van der Waals surface area contributed by atoms with Crippen molar-refractivity contribution in [2.75, 3.05) is 26.4 Å². The van der Waals surface area contributed by atoms with Crippen LogP contribution in [-0.2, 0) is 11.2 Å². The van der Waals surface area contributed by atoms with Crippen LogP contribution >= 0.6 is 0 Å². The predicted octanol–water partition coefficient (Wildman–Crippen LogP) is 3.42. The molecule has 0 amide bonds. The highest BCUT2D eigenvalue weighted by atomic mass is 16.5. The van der Waals surface area contributed by atoms with Gasteiger partial charge in [0.05, 0.1) is 13.2 Å². The normalized spacial score (nSPS) is 19.6. The number of hydrogen-bond acceptors (Lipinski definition) is 3. The highest BCUT2D eigenvalue weighted by Gasteiger charge is 2.16. The summed E-state index contributed by atoms with van der Waals surface area (Å²) in [6.45, 7) is 8.08. The Morgan fingerprint density at radius 1 is 1.33 bits per heavy atom. The van der Waals surface area contributed by atoms with Gasteiger partial charge in [0.2, 0.25) is 0 Å². The summed E-state index contributed by atoms with van der Waals surface area (Å²) in [7, 11) is 0. The summed E-state index contributed by atoms with van der Waals surface area (Å²) in [5.41, 5.74) is 1.39. The molecular weight excluding hydrogens is 262 g/mol. The largest absolute Gasteiger partial charge is 0.493 e. The van der Waals surface area contributed by atoms with E-state index in [0.29, 0.717) is 12.0 Å². The van der Waals surface area contributed by atoms with Crippen molar-refractivity contribution in [2.45, 2.75) is 45.6 Å². The number of rotatable bonds is 9. The van der Waals surface area contributed by atoms with Crippen molar-refractivity contribution in [1.82, 2.24) is 5.32 Å². The smallest absolute Gasteiger partial charge is 0.119 e. The standard InChI is InChI=1S/C18H29NO2/c1-3-11-19-15(2)4-5-16-6-8-18(9-7-16)21-14-17-10-12-20-13-17/h6-9,15,17,19H,3-5,10-14H2,1-2H3. The summed E-state index contributed by atoms with van der Waals surface area (Å²) in [6, 6.07) is 9.15. The van der Waals surface area contributed by atoms with Gasteiger partial charge in [0.25, 0.3) is 0 Å². The lowest BCUT2D eigenvalue weighted by molar-refractivity contribution is 0.167. The third-order valence-electron chi connectivity index (χ3n) is 4.04. The Balaban J connectivity index is 1.68. The second-order valence-corrected chi connectivity index (χ2v) is 6.08. The number of hydrogen-bond donors (Lipinski definition) is 1. The fraction of sp³-hybridized carbons (Fsp3) is 0.667. The molecule has 0 saturated carbocycles. The molecule has 1 N–H and O–H groups in total. The Morgan fingerprint density at radius 3 is 2.81 bits per heavy atom. The monoisotopic (exact) mass is 291 g/mol. The lowest BCUT2D eigenvalue weighted by Crippen LogP contribution is -2.27. The van der Waals surface area contributed by atoms with E-state index in [9.17, 15) is 0 Å². The molecule has 1 aliphatic heterocycles. The first-order valence-corrected chi connectivity index (χ1v) is 8.30. The number of benzene rings is 1. The molecule has 0 spiro atoms. The maximum atomic E-state index is 5.83. The van der Waals surface area contributed by atoms with Crippen molar-refractivity contribution in [3.63, 3.8) is 0 Å². The zero-order valence-corrected chi connectivity index (χ0v) is 13.4. The molecular formula is C18H29NO2. The van der Waals surface area contributed by atoms with E-state index in [1.807, 2.05) is 0 Å². The first-order chi connectivity index (χ1) is 10.3. The first kappa shape index (κ1) is 16.3. The van der Waals surface area contributed by atoms with Gasteiger partial charge >= 0.3 is 0 Å². The van der Waals surface area contributed by atoms with E-state index in [-0.39, 0.29) is 0 Å². The van der Waals surface area contributed by atoms with E-state index in [1.165, 1.54) is 18.4 Å². The molecule has 2 rings (SSSR count). The molecule has 1 aliphatic rings. The Bertz CT molecular complexity index is 385. The quantitative estimate of drug-likeness (QED) is 0.756. The minimum atomic E-state index is 0.565. The minimum Gasteiger partial charge on any atom is -0.493 e. The maximum Gasteiger partial charge on any atom is 0.119 e. The van der Waals surface area contributed by atoms with Crippen molar-refractivity contribution in [2.24, 2.45) is 5.92 Å². The van der Waals surface area contributed by atoms with Gasteiger partial charge in [-0.05, 0) is 56.8 Å². The summed E-state index contributed by atoms with van der Waals surface area (Å²) in [6.07, 6.45) is 4.62. The van der Waals surface area contributed by atoms with Crippen LogP contribution in [-0.4, -0.2) is 32.4 Å². The summed E-state index contributed by atoms with van der Waals surface area (Å²) in [4.78, 5) is 0. The molecule has 3 nitrogen and oxygen atoms in total. The summed E-state index contributed by atoms with van der Waals surface area (Å²) in [5, 5.41) is 3.53. The van der Waals surface area contributed by atoms with Gasteiger partial charge in [0.15, 0.2) is 0 Å². The van der Waals surface area contributed by atoms with Gasteiger partial charge in [-0.25, -0.2) is 0 Å².